The zero-order valence-corrected chi connectivity index (χ0v) is 10.3. The van der Waals surface area contributed by atoms with Crippen LogP contribution >= 0.6 is 0 Å². The lowest BCUT2D eigenvalue weighted by Crippen LogP contribution is -2.41. The molecule has 0 aliphatic rings. The van der Waals surface area contributed by atoms with Crippen LogP contribution in [0, 0.1) is 0 Å². The van der Waals surface area contributed by atoms with Crippen molar-refractivity contribution in [3.8, 4) is 0 Å². The number of nitrogens with zero attached hydrogens (tertiary/aromatic N) is 3. The van der Waals surface area contributed by atoms with Crippen LogP contribution in [-0.2, 0) is 14.4 Å². The summed E-state index contributed by atoms with van der Waals surface area (Å²) in [6.45, 7) is -0.445. The summed E-state index contributed by atoms with van der Waals surface area (Å²) in [5.41, 5.74) is 8.02. The van der Waals surface area contributed by atoms with Crippen molar-refractivity contribution < 1.29 is 24.6 Å². The predicted molar refractivity (Wildman–Crippen MR) is 64.3 cm³/mol. The second-order valence-electron chi connectivity index (χ2n) is 3.84. The fourth-order valence-corrected chi connectivity index (χ4v) is 1.39. The Morgan fingerprint density at radius 2 is 1.89 bits per heavy atom. The molecule has 9 heteroatoms. The highest BCUT2D eigenvalue weighted by atomic mass is 16.4. The number of aliphatic carboxylic acids is 2. The number of amides is 1. The Hall–Kier alpha value is -2.28. The summed E-state index contributed by atoms with van der Waals surface area (Å²) < 4.78 is 0. The Bertz CT molecular complexity index is 378. The van der Waals surface area contributed by atoms with Crippen LogP contribution in [0.4, 0.5) is 0 Å². The molecule has 0 aromatic heterocycles. The number of carboxylic acids is 2. The van der Waals surface area contributed by atoms with Crippen LogP contribution in [0.3, 0.4) is 0 Å². The molecule has 0 heterocycles. The van der Waals surface area contributed by atoms with Crippen LogP contribution in [0.1, 0.15) is 32.1 Å². The normalized spacial score (nSPS) is 11.2. The smallest absolute Gasteiger partial charge is 0.326 e. The van der Waals surface area contributed by atoms with Crippen molar-refractivity contribution >= 4 is 17.8 Å². The lowest BCUT2D eigenvalue weighted by Gasteiger charge is -2.13. The van der Waals surface area contributed by atoms with Gasteiger partial charge in [0.05, 0.1) is 0 Å². The first-order chi connectivity index (χ1) is 8.97. The summed E-state index contributed by atoms with van der Waals surface area (Å²) >= 11 is 0. The lowest BCUT2D eigenvalue weighted by atomic mass is 10.1. The van der Waals surface area contributed by atoms with E-state index in [-0.39, 0.29) is 12.8 Å². The molecule has 0 rings (SSSR count). The molecule has 1 atom stereocenters. The molecule has 0 aliphatic heterocycles. The molecule has 1 unspecified atom stereocenters. The van der Waals surface area contributed by atoms with Gasteiger partial charge in [0.1, 0.15) is 12.6 Å². The summed E-state index contributed by atoms with van der Waals surface area (Å²) in [6, 6.07) is -1.05. The summed E-state index contributed by atoms with van der Waals surface area (Å²) in [5.74, 6) is -2.72. The number of carbonyl (C=O) groups excluding carboxylic acids is 1. The van der Waals surface area contributed by atoms with Crippen LogP contribution in [-0.4, -0.2) is 40.6 Å². The van der Waals surface area contributed by atoms with E-state index >= 15 is 0 Å². The van der Waals surface area contributed by atoms with Gasteiger partial charge >= 0.3 is 11.9 Å². The zero-order chi connectivity index (χ0) is 14.7. The monoisotopic (exact) mass is 272 g/mol. The van der Waals surface area contributed by atoms with Crippen LogP contribution < -0.4 is 5.32 Å². The van der Waals surface area contributed by atoms with Crippen LogP contribution in [0.15, 0.2) is 5.11 Å². The molecule has 0 radical (unpaired) electrons. The summed E-state index contributed by atoms with van der Waals surface area (Å²) in [7, 11) is 0. The van der Waals surface area contributed by atoms with E-state index in [1.807, 2.05) is 0 Å². The van der Waals surface area contributed by atoms with Gasteiger partial charge in [0.2, 0.25) is 5.91 Å². The average Bonchev–Trinajstić information content (AvgIpc) is 2.33. The number of rotatable bonds is 10. The SMILES string of the molecule is [N-]=[N+]=NCC(=O)NC(CCCCCC(=O)O)C(=O)O. The van der Waals surface area contributed by atoms with E-state index in [1.54, 1.807) is 0 Å². The Morgan fingerprint density at radius 1 is 1.21 bits per heavy atom. The molecule has 0 saturated carbocycles. The molecule has 0 spiro atoms. The standard InChI is InChI=1S/C10H16N4O5/c11-14-12-6-8(15)13-7(10(18)19)4-2-1-3-5-9(16)17/h7H,1-6H2,(H,13,15)(H,16,17)(H,18,19). The highest BCUT2D eigenvalue weighted by Crippen LogP contribution is 2.06. The van der Waals surface area contributed by atoms with Crippen LogP contribution in [0.25, 0.3) is 10.4 Å². The van der Waals surface area contributed by atoms with Gasteiger partial charge in [0.15, 0.2) is 0 Å². The fourth-order valence-electron chi connectivity index (χ4n) is 1.39. The number of carboxylic acid groups (broad SMARTS) is 2. The number of nitrogens with one attached hydrogen (secondary N) is 1. The van der Waals surface area contributed by atoms with E-state index in [9.17, 15) is 14.4 Å². The Labute approximate surface area is 109 Å². The molecule has 0 bridgehead atoms. The predicted octanol–water partition coefficient (Wildman–Crippen LogP) is 0.901. The summed E-state index contributed by atoms with van der Waals surface area (Å²) in [6.07, 6.45) is 1.78. The van der Waals surface area contributed by atoms with E-state index in [0.717, 1.165) is 0 Å². The first-order valence-electron chi connectivity index (χ1n) is 5.72. The molecule has 0 aromatic carbocycles. The largest absolute Gasteiger partial charge is 0.481 e. The third-order valence-electron chi connectivity index (χ3n) is 2.29. The molecule has 0 aromatic rings. The summed E-state index contributed by atoms with van der Waals surface area (Å²) in [5, 5.41) is 22.6. The number of unbranched alkanes of at least 4 members (excludes halogenated alkanes) is 2. The maximum atomic E-state index is 11.2. The van der Waals surface area contributed by atoms with Gasteiger partial charge in [-0.2, -0.15) is 0 Å². The van der Waals surface area contributed by atoms with Crippen molar-refractivity contribution in [2.45, 2.75) is 38.1 Å². The molecule has 19 heavy (non-hydrogen) atoms. The van der Waals surface area contributed by atoms with Crippen LogP contribution in [0.5, 0.6) is 0 Å². The third kappa shape index (κ3) is 9.42. The van der Waals surface area contributed by atoms with E-state index in [0.29, 0.717) is 19.3 Å². The van der Waals surface area contributed by atoms with Crippen LogP contribution in [0.2, 0.25) is 0 Å². The highest BCUT2D eigenvalue weighted by molar-refractivity contribution is 5.84. The quantitative estimate of drug-likeness (QED) is 0.233. The maximum absolute atomic E-state index is 11.2. The van der Waals surface area contributed by atoms with Gasteiger partial charge in [-0.25, -0.2) is 4.79 Å². The van der Waals surface area contributed by atoms with Crippen molar-refractivity contribution in [1.82, 2.24) is 5.32 Å². The van der Waals surface area contributed by atoms with Crippen molar-refractivity contribution in [3.63, 3.8) is 0 Å². The number of azide groups is 1. The molecule has 3 N–H and O–H groups in total. The van der Waals surface area contributed by atoms with Crippen molar-refractivity contribution in [1.29, 1.82) is 0 Å². The van der Waals surface area contributed by atoms with Crippen molar-refractivity contribution in [3.05, 3.63) is 10.4 Å². The fraction of sp³-hybridized carbons (Fsp3) is 0.700. The molecule has 9 nitrogen and oxygen atoms in total. The van der Waals surface area contributed by atoms with Gasteiger partial charge < -0.3 is 15.5 Å². The molecule has 0 aliphatic carbocycles. The van der Waals surface area contributed by atoms with Gasteiger partial charge in [0, 0.05) is 11.3 Å². The Morgan fingerprint density at radius 3 is 2.42 bits per heavy atom. The first kappa shape index (κ1) is 16.7. The van der Waals surface area contributed by atoms with Gasteiger partial charge in [-0.1, -0.05) is 18.0 Å². The van der Waals surface area contributed by atoms with E-state index in [1.165, 1.54) is 0 Å². The highest BCUT2D eigenvalue weighted by Gasteiger charge is 2.18. The van der Waals surface area contributed by atoms with Gasteiger partial charge in [-0.3, -0.25) is 9.59 Å². The second-order valence-corrected chi connectivity index (χ2v) is 3.84. The molecular formula is C10H16N4O5. The van der Waals surface area contributed by atoms with E-state index in [2.05, 4.69) is 15.3 Å². The van der Waals surface area contributed by atoms with Crippen molar-refractivity contribution in [2.75, 3.05) is 6.54 Å². The van der Waals surface area contributed by atoms with Gasteiger partial charge in [-0.15, -0.1) is 0 Å². The van der Waals surface area contributed by atoms with E-state index in [4.69, 9.17) is 15.7 Å². The number of carbonyl (C=O) groups is 3. The number of hydrogen-bond donors (Lipinski definition) is 3. The first-order valence-corrected chi connectivity index (χ1v) is 5.72. The Kier molecular flexibility index (Phi) is 8.55. The van der Waals surface area contributed by atoms with Crippen molar-refractivity contribution in [2.24, 2.45) is 5.11 Å². The second kappa shape index (κ2) is 9.72. The maximum Gasteiger partial charge on any atom is 0.326 e. The minimum atomic E-state index is -1.17. The average molecular weight is 272 g/mol. The molecule has 0 fully saturated rings. The minimum Gasteiger partial charge on any atom is -0.481 e. The molecule has 0 saturated heterocycles. The van der Waals surface area contributed by atoms with Gasteiger partial charge in [-0.05, 0) is 18.4 Å². The van der Waals surface area contributed by atoms with E-state index < -0.39 is 30.4 Å². The third-order valence-corrected chi connectivity index (χ3v) is 2.29. The number of hydrogen-bond acceptors (Lipinski definition) is 4. The molecule has 106 valence electrons. The molecule has 1 amide bonds. The Balaban J connectivity index is 3.99. The summed E-state index contributed by atoms with van der Waals surface area (Å²) in [4.78, 5) is 34.7. The minimum absolute atomic E-state index is 0.0426. The zero-order valence-electron chi connectivity index (χ0n) is 10.3. The van der Waals surface area contributed by atoms with Gasteiger partial charge in [0.25, 0.3) is 0 Å². The molecular weight excluding hydrogens is 256 g/mol. The lowest BCUT2D eigenvalue weighted by molar-refractivity contribution is -0.142. The topological polar surface area (TPSA) is 152 Å².